The van der Waals surface area contributed by atoms with Crippen molar-refractivity contribution in [3.63, 3.8) is 0 Å². The number of halogens is 3. The third-order valence-electron chi connectivity index (χ3n) is 3.23. The minimum atomic E-state index is -4.27. The fourth-order valence-corrected chi connectivity index (χ4v) is 3.31. The topological polar surface area (TPSA) is 54.5 Å². The minimum Gasteiger partial charge on any atom is -0.338 e. The predicted octanol–water partition coefficient (Wildman–Crippen LogP) is 2.89. The summed E-state index contributed by atoms with van der Waals surface area (Å²) < 4.78 is 36.1. The Bertz CT molecular complexity index is 663. The number of rotatable bonds is 2. The van der Waals surface area contributed by atoms with E-state index in [1.807, 2.05) is 6.92 Å². The van der Waals surface area contributed by atoms with Gasteiger partial charge < -0.3 is 4.90 Å². The molecule has 1 aliphatic rings. The van der Waals surface area contributed by atoms with Gasteiger partial charge in [0, 0.05) is 23.8 Å². The van der Waals surface area contributed by atoms with Gasteiger partial charge >= 0.3 is 0 Å². The molecule has 1 aromatic rings. The van der Waals surface area contributed by atoms with Gasteiger partial charge in [0.05, 0.1) is 10.6 Å². The predicted molar refractivity (Wildman–Crippen MR) is 74.1 cm³/mol. The Morgan fingerprint density at radius 2 is 2.10 bits per heavy atom. The Kier molecular flexibility index (Phi) is 4.27. The minimum absolute atomic E-state index is 0.0543. The Morgan fingerprint density at radius 3 is 2.60 bits per heavy atom. The summed E-state index contributed by atoms with van der Waals surface area (Å²) in [5.74, 6) is -1.12. The molecule has 1 aromatic carbocycles. The maximum absolute atomic E-state index is 13.6. The first kappa shape index (κ1) is 15.5. The van der Waals surface area contributed by atoms with Crippen LogP contribution in [0.5, 0.6) is 0 Å². The van der Waals surface area contributed by atoms with Gasteiger partial charge in [0.25, 0.3) is 15.0 Å². The number of hydrogen-bond acceptors (Lipinski definition) is 3. The van der Waals surface area contributed by atoms with E-state index < -0.39 is 25.7 Å². The number of benzene rings is 1. The van der Waals surface area contributed by atoms with Crippen LogP contribution in [-0.2, 0) is 9.05 Å². The summed E-state index contributed by atoms with van der Waals surface area (Å²) in [6.45, 7) is 3.14. The van der Waals surface area contributed by atoms with Crippen LogP contribution in [0.25, 0.3) is 0 Å². The van der Waals surface area contributed by atoms with Crippen LogP contribution in [0.4, 0.5) is 4.39 Å². The lowest BCUT2D eigenvalue weighted by Crippen LogP contribution is -2.29. The van der Waals surface area contributed by atoms with Gasteiger partial charge in [-0.1, -0.05) is 18.5 Å². The molecule has 0 aromatic heterocycles. The van der Waals surface area contributed by atoms with Gasteiger partial charge in [-0.05, 0) is 24.5 Å². The first-order valence-electron chi connectivity index (χ1n) is 5.93. The molecule has 110 valence electrons. The van der Waals surface area contributed by atoms with Crippen molar-refractivity contribution < 1.29 is 17.6 Å². The molecule has 1 fully saturated rings. The highest BCUT2D eigenvalue weighted by atomic mass is 35.7. The molecule has 0 radical (unpaired) electrons. The highest BCUT2D eigenvalue weighted by molar-refractivity contribution is 8.13. The highest BCUT2D eigenvalue weighted by Crippen LogP contribution is 2.28. The maximum Gasteiger partial charge on any atom is 0.264 e. The fraction of sp³-hybridized carbons (Fsp3) is 0.417. The van der Waals surface area contributed by atoms with Crippen molar-refractivity contribution >= 4 is 37.2 Å². The summed E-state index contributed by atoms with van der Waals surface area (Å²) in [6.07, 6.45) is 0.866. The lowest BCUT2D eigenvalue weighted by Gasteiger charge is -2.17. The van der Waals surface area contributed by atoms with E-state index in [2.05, 4.69) is 0 Å². The molecular formula is C12H12Cl2FNO3S. The van der Waals surface area contributed by atoms with E-state index >= 15 is 0 Å². The molecule has 8 heteroatoms. The van der Waals surface area contributed by atoms with Crippen LogP contribution in [0.2, 0.25) is 5.02 Å². The van der Waals surface area contributed by atoms with Crippen molar-refractivity contribution in [2.75, 3.05) is 13.1 Å². The normalized spacial score (nSPS) is 19.4. The van der Waals surface area contributed by atoms with Gasteiger partial charge in [-0.25, -0.2) is 12.8 Å². The number of likely N-dealkylation sites (tertiary alicyclic amines) is 1. The molecule has 1 unspecified atom stereocenters. The quantitative estimate of drug-likeness (QED) is 0.778. The SMILES string of the molecule is CC1CCN(C(=O)c2cc(S(=O)(=O)Cl)c(F)cc2Cl)C1. The molecular weight excluding hydrogens is 328 g/mol. The van der Waals surface area contributed by atoms with Crippen LogP contribution in [-0.4, -0.2) is 32.3 Å². The summed E-state index contributed by atoms with van der Waals surface area (Å²) >= 11 is 5.84. The van der Waals surface area contributed by atoms with E-state index in [4.69, 9.17) is 22.3 Å². The lowest BCUT2D eigenvalue weighted by molar-refractivity contribution is 0.0788. The zero-order chi connectivity index (χ0) is 15.1. The van der Waals surface area contributed by atoms with E-state index in [0.717, 1.165) is 18.6 Å². The Balaban J connectivity index is 2.44. The lowest BCUT2D eigenvalue weighted by atomic mass is 10.1. The smallest absolute Gasteiger partial charge is 0.264 e. The Morgan fingerprint density at radius 1 is 1.45 bits per heavy atom. The van der Waals surface area contributed by atoms with Crippen molar-refractivity contribution in [3.8, 4) is 0 Å². The number of nitrogens with zero attached hydrogens (tertiary/aromatic N) is 1. The van der Waals surface area contributed by atoms with Crippen LogP contribution in [0, 0.1) is 11.7 Å². The summed E-state index contributed by atoms with van der Waals surface area (Å²) in [5, 5.41) is -0.129. The van der Waals surface area contributed by atoms with Crippen molar-refractivity contribution in [1.29, 1.82) is 0 Å². The van der Waals surface area contributed by atoms with Crippen LogP contribution < -0.4 is 0 Å². The molecule has 1 atom stereocenters. The Hall–Kier alpha value is -0.850. The zero-order valence-corrected chi connectivity index (χ0v) is 12.9. The summed E-state index contributed by atoms with van der Waals surface area (Å²) in [4.78, 5) is 13.1. The van der Waals surface area contributed by atoms with Crippen molar-refractivity contribution in [1.82, 2.24) is 4.90 Å². The molecule has 1 amide bonds. The average molecular weight is 340 g/mol. The first-order chi connectivity index (χ1) is 9.20. The van der Waals surface area contributed by atoms with Gasteiger partial charge in [-0.3, -0.25) is 4.79 Å². The molecule has 2 rings (SSSR count). The van der Waals surface area contributed by atoms with E-state index in [0.29, 0.717) is 19.0 Å². The van der Waals surface area contributed by atoms with Crippen LogP contribution in [0.1, 0.15) is 23.7 Å². The van der Waals surface area contributed by atoms with Crippen molar-refractivity contribution in [3.05, 3.63) is 28.5 Å². The largest absolute Gasteiger partial charge is 0.338 e. The number of hydrogen-bond donors (Lipinski definition) is 0. The second-order valence-electron chi connectivity index (χ2n) is 4.85. The van der Waals surface area contributed by atoms with Crippen LogP contribution in [0.3, 0.4) is 0 Å². The van der Waals surface area contributed by atoms with E-state index in [-0.39, 0.29) is 10.6 Å². The molecule has 20 heavy (non-hydrogen) atoms. The first-order valence-corrected chi connectivity index (χ1v) is 8.62. The van der Waals surface area contributed by atoms with Crippen molar-refractivity contribution in [2.45, 2.75) is 18.2 Å². The van der Waals surface area contributed by atoms with Crippen LogP contribution >= 0.6 is 22.3 Å². The molecule has 0 saturated carbocycles. The molecule has 0 bridgehead atoms. The fourth-order valence-electron chi connectivity index (χ4n) is 2.17. The standard InChI is InChI=1S/C12H12Cl2FNO3S/c1-7-2-3-16(6-7)12(17)8-4-11(20(14,18)19)10(15)5-9(8)13/h4-5,7H,2-3,6H2,1H3. The molecule has 0 aliphatic carbocycles. The average Bonchev–Trinajstić information content (AvgIpc) is 2.73. The van der Waals surface area contributed by atoms with Gasteiger partial charge in [0.1, 0.15) is 10.7 Å². The number of carbonyl (C=O) groups excluding carboxylic acids is 1. The van der Waals surface area contributed by atoms with Gasteiger partial charge in [-0.2, -0.15) is 0 Å². The van der Waals surface area contributed by atoms with Crippen molar-refractivity contribution in [2.24, 2.45) is 5.92 Å². The third kappa shape index (κ3) is 3.07. The molecule has 0 spiro atoms. The molecule has 0 N–H and O–H groups in total. The van der Waals surface area contributed by atoms with Gasteiger partial charge in [0.2, 0.25) is 0 Å². The maximum atomic E-state index is 13.6. The molecule has 1 saturated heterocycles. The zero-order valence-electron chi connectivity index (χ0n) is 10.6. The second-order valence-corrected chi connectivity index (χ2v) is 7.79. The Labute approximate surface area is 125 Å². The molecule has 1 aliphatic heterocycles. The van der Waals surface area contributed by atoms with E-state index in [9.17, 15) is 17.6 Å². The van der Waals surface area contributed by atoms with Gasteiger partial charge in [0.15, 0.2) is 0 Å². The van der Waals surface area contributed by atoms with Gasteiger partial charge in [-0.15, -0.1) is 0 Å². The number of amides is 1. The monoisotopic (exact) mass is 339 g/mol. The third-order valence-corrected chi connectivity index (χ3v) is 4.88. The summed E-state index contributed by atoms with van der Waals surface area (Å²) in [6, 6.07) is 1.69. The van der Waals surface area contributed by atoms with Crippen LogP contribution in [0.15, 0.2) is 17.0 Å². The summed E-state index contributed by atoms with van der Waals surface area (Å²) in [7, 11) is 0.867. The second kappa shape index (κ2) is 5.50. The summed E-state index contributed by atoms with van der Waals surface area (Å²) in [5.41, 5.74) is -0.0543. The molecule has 1 heterocycles. The van der Waals surface area contributed by atoms with E-state index in [1.165, 1.54) is 0 Å². The molecule has 4 nitrogen and oxygen atoms in total. The highest BCUT2D eigenvalue weighted by Gasteiger charge is 2.28. The van der Waals surface area contributed by atoms with E-state index in [1.54, 1.807) is 4.90 Å². The number of carbonyl (C=O) groups is 1.